The molecular formula is C15H26N2S. The predicted octanol–water partition coefficient (Wildman–Crippen LogP) is 3.50. The van der Waals surface area contributed by atoms with Crippen LogP contribution in [0.5, 0.6) is 0 Å². The van der Waals surface area contributed by atoms with E-state index in [0.29, 0.717) is 23.9 Å². The standard InChI is InChI=1S/C15H26N2S/c1-11(2)15(14-8-5-9-18-14)17(3)13-7-4-6-12(13)10-16/h5,8-9,11-13,15H,4,6-7,10,16H2,1-3H3. The van der Waals surface area contributed by atoms with Crippen molar-refractivity contribution < 1.29 is 0 Å². The van der Waals surface area contributed by atoms with Crippen molar-refractivity contribution in [1.82, 2.24) is 4.90 Å². The van der Waals surface area contributed by atoms with Gasteiger partial charge < -0.3 is 5.73 Å². The molecule has 18 heavy (non-hydrogen) atoms. The lowest BCUT2D eigenvalue weighted by Gasteiger charge is -2.37. The second kappa shape index (κ2) is 6.18. The Labute approximate surface area is 115 Å². The Morgan fingerprint density at radius 2 is 2.22 bits per heavy atom. The maximum Gasteiger partial charge on any atom is 0.0464 e. The molecular weight excluding hydrogens is 240 g/mol. The topological polar surface area (TPSA) is 29.3 Å². The summed E-state index contributed by atoms with van der Waals surface area (Å²) in [7, 11) is 2.29. The fourth-order valence-electron chi connectivity index (χ4n) is 3.49. The van der Waals surface area contributed by atoms with E-state index in [1.54, 1.807) is 0 Å². The third kappa shape index (κ3) is 2.79. The van der Waals surface area contributed by atoms with Gasteiger partial charge in [-0.25, -0.2) is 0 Å². The van der Waals surface area contributed by atoms with E-state index in [2.05, 4.69) is 43.3 Å². The van der Waals surface area contributed by atoms with Gasteiger partial charge in [0.05, 0.1) is 0 Å². The van der Waals surface area contributed by atoms with Gasteiger partial charge in [0, 0.05) is 17.0 Å². The SMILES string of the molecule is CC(C)C(c1cccs1)N(C)C1CCCC1CN. The van der Waals surface area contributed by atoms with E-state index in [-0.39, 0.29) is 0 Å². The third-order valence-electron chi connectivity index (χ3n) is 4.35. The zero-order valence-electron chi connectivity index (χ0n) is 11.8. The highest BCUT2D eigenvalue weighted by molar-refractivity contribution is 7.10. The first-order chi connectivity index (χ1) is 8.65. The van der Waals surface area contributed by atoms with Gasteiger partial charge in [-0.2, -0.15) is 0 Å². The van der Waals surface area contributed by atoms with Crippen LogP contribution in [-0.4, -0.2) is 24.5 Å². The zero-order chi connectivity index (χ0) is 13.1. The van der Waals surface area contributed by atoms with Crippen molar-refractivity contribution in [3.63, 3.8) is 0 Å². The minimum atomic E-state index is 0.544. The first-order valence-electron chi connectivity index (χ1n) is 7.10. The molecule has 0 radical (unpaired) electrons. The van der Waals surface area contributed by atoms with Crippen molar-refractivity contribution in [3.05, 3.63) is 22.4 Å². The van der Waals surface area contributed by atoms with Crippen molar-refractivity contribution in [3.8, 4) is 0 Å². The second-order valence-corrected chi connectivity index (χ2v) is 6.84. The molecule has 2 rings (SSSR count). The lowest BCUT2D eigenvalue weighted by Crippen LogP contribution is -2.41. The first-order valence-corrected chi connectivity index (χ1v) is 7.98. The van der Waals surface area contributed by atoms with Crippen molar-refractivity contribution in [1.29, 1.82) is 0 Å². The van der Waals surface area contributed by atoms with E-state index in [9.17, 15) is 0 Å². The van der Waals surface area contributed by atoms with Crippen LogP contribution >= 0.6 is 11.3 Å². The van der Waals surface area contributed by atoms with Crippen molar-refractivity contribution in [2.24, 2.45) is 17.6 Å². The highest BCUT2D eigenvalue weighted by Crippen LogP contribution is 2.38. The summed E-state index contributed by atoms with van der Waals surface area (Å²) >= 11 is 1.88. The summed E-state index contributed by atoms with van der Waals surface area (Å²) in [4.78, 5) is 4.09. The first kappa shape index (κ1) is 14.0. The van der Waals surface area contributed by atoms with Crippen LogP contribution in [0.25, 0.3) is 0 Å². The Balaban J connectivity index is 2.16. The van der Waals surface area contributed by atoms with Gasteiger partial charge in [-0.1, -0.05) is 26.3 Å². The minimum Gasteiger partial charge on any atom is -0.330 e. The molecule has 1 heterocycles. The number of thiophene rings is 1. The highest BCUT2D eigenvalue weighted by atomic mass is 32.1. The molecule has 0 spiro atoms. The van der Waals surface area contributed by atoms with Crippen molar-refractivity contribution in [2.45, 2.75) is 45.2 Å². The zero-order valence-corrected chi connectivity index (χ0v) is 12.6. The van der Waals surface area contributed by atoms with Crippen LogP contribution in [0.15, 0.2) is 17.5 Å². The monoisotopic (exact) mass is 266 g/mol. The van der Waals surface area contributed by atoms with Gasteiger partial charge in [-0.05, 0) is 49.7 Å². The van der Waals surface area contributed by atoms with Gasteiger partial charge in [0.15, 0.2) is 0 Å². The van der Waals surface area contributed by atoms with Crippen LogP contribution in [0.3, 0.4) is 0 Å². The van der Waals surface area contributed by atoms with Crippen molar-refractivity contribution >= 4 is 11.3 Å². The molecule has 0 saturated heterocycles. The quantitative estimate of drug-likeness (QED) is 0.884. The second-order valence-electron chi connectivity index (χ2n) is 5.86. The van der Waals surface area contributed by atoms with Crippen LogP contribution in [0.2, 0.25) is 0 Å². The van der Waals surface area contributed by atoms with Crippen molar-refractivity contribution in [2.75, 3.05) is 13.6 Å². The normalized spacial score (nSPS) is 26.1. The molecule has 0 bridgehead atoms. The lowest BCUT2D eigenvalue weighted by molar-refractivity contribution is 0.113. The summed E-state index contributed by atoms with van der Waals surface area (Å²) in [5, 5.41) is 2.19. The molecule has 0 aromatic carbocycles. The Morgan fingerprint density at radius 3 is 2.78 bits per heavy atom. The molecule has 3 unspecified atom stereocenters. The Bertz CT molecular complexity index is 347. The van der Waals surface area contributed by atoms with E-state index >= 15 is 0 Å². The molecule has 3 heteroatoms. The summed E-state index contributed by atoms with van der Waals surface area (Å²) in [6, 6.07) is 5.66. The third-order valence-corrected chi connectivity index (χ3v) is 5.29. The van der Waals surface area contributed by atoms with Gasteiger partial charge >= 0.3 is 0 Å². The maximum absolute atomic E-state index is 5.93. The number of rotatable bonds is 5. The van der Waals surface area contributed by atoms with E-state index < -0.39 is 0 Å². The predicted molar refractivity (Wildman–Crippen MR) is 79.8 cm³/mol. The number of hydrogen-bond donors (Lipinski definition) is 1. The number of hydrogen-bond acceptors (Lipinski definition) is 3. The molecule has 2 N–H and O–H groups in total. The molecule has 102 valence electrons. The van der Waals surface area contributed by atoms with Gasteiger partial charge in [-0.15, -0.1) is 11.3 Å². The summed E-state index contributed by atoms with van der Waals surface area (Å²) in [5.41, 5.74) is 5.93. The van der Waals surface area contributed by atoms with Crippen LogP contribution < -0.4 is 5.73 Å². The Kier molecular flexibility index (Phi) is 4.82. The molecule has 1 aromatic heterocycles. The highest BCUT2D eigenvalue weighted by Gasteiger charge is 2.34. The molecule has 1 aromatic rings. The number of nitrogens with two attached hydrogens (primary N) is 1. The molecule has 1 aliphatic rings. The van der Waals surface area contributed by atoms with Crippen LogP contribution in [0.1, 0.15) is 44.0 Å². The van der Waals surface area contributed by atoms with E-state index in [1.165, 1.54) is 24.1 Å². The van der Waals surface area contributed by atoms with Crippen LogP contribution in [0.4, 0.5) is 0 Å². The fourth-order valence-corrected chi connectivity index (χ4v) is 4.54. The largest absolute Gasteiger partial charge is 0.330 e. The lowest BCUT2D eigenvalue weighted by atomic mass is 9.95. The van der Waals surface area contributed by atoms with E-state index in [0.717, 1.165) is 6.54 Å². The van der Waals surface area contributed by atoms with E-state index in [4.69, 9.17) is 5.73 Å². The molecule has 1 saturated carbocycles. The summed E-state index contributed by atoms with van der Waals surface area (Å²) in [5.74, 6) is 1.34. The summed E-state index contributed by atoms with van der Waals surface area (Å²) < 4.78 is 0. The van der Waals surface area contributed by atoms with Crippen LogP contribution in [-0.2, 0) is 0 Å². The smallest absolute Gasteiger partial charge is 0.0464 e. The van der Waals surface area contributed by atoms with Gasteiger partial charge in [0.1, 0.15) is 0 Å². The van der Waals surface area contributed by atoms with Gasteiger partial charge in [0.25, 0.3) is 0 Å². The van der Waals surface area contributed by atoms with Crippen LogP contribution in [0, 0.1) is 11.8 Å². The minimum absolute atomic E-state index is 0.544. The van der Waals surface area contributed by atoms with E-state index in [1.807, 2.05) is 11.3 Å². The molecule has 0 aliphatic heterocycles. The number of nitrogens with zero attached hydrogens (tertiary/aromatic N) is 1. The average molecular weight is 266 g/mol. The van der Waals surface area contributed by atoms with Gasteiger partial charge in [0.2, 0.25) is 0 Å². The Hall–Kier alpha value is -0.380. The molecule has 0 amide bonds. The molecule has 2 nitrogen and oxygen atoms in total. The van der Waals surface area contributed by atoms with Gasteiger partial charge in [-0.3, -0.25) is 4.90 Å². The summed E-state index contributed by atoms with van der Waals surface area (Å²) in [6.07, 6.45) is 3.96. The summed E-state index contributed by atoms with van der Waals surface area (Å²) in [6.45, 7) is 5.49. The fraction of sp³-hybridized carbons (Fsp3) is 0.733. The average Bonchev–Trinajstić information content (AvgIpc) is 2.98. The molecule has 1 fully saturated rings. The maximum atomic E-state index is 5.93. The molecule has 3 atom stereocenters. The molecule has 1 aliphatic carbocycles. The Morgan fingerprint density at radius 1 is 1.44 bits per heavy atom.